The lowest BCUT2D eigenvalue weighted by Gasteiger charge is -1.85. The van der Waals surface area contributed by atoms with Crippen LogP contribution in [0.4, 0.5) is 0 Å². The maximum atomic E-state index is 5.04. The molecule has 0 saturated heterocycles. The standard InChI is InChI=1S/C7H4N4O/c1-4-2-10-12-6(4)5-3-9-11-7(5)8-1/h1-3H,(H,8,9,11). The van der Waals surface area contributed by atoms with Gasteiger partial charge in [0.2, 0.25) is 0 Å². The van der Waals surface area contributed by atoms with Gasteiger partial charge in [0.15, 0.2) is 11.2 Å². The van der Waals surface area contributed by atoms with Gasteiger partial charge in [0, 0.05) is 6.20 Å². The first-order valence-electron chi connectivity index (χ1n) is 3.47. The Hall–Kier alpha value is -1.91. The second-order valence-electron chi connectivity index (χ2n) is 2.50. The highest BCUT2D eigenvalue weighted by Gasteiger charge is 2.05. The molecule has 3 aromatic heterocycles. The van der Waals surface area contributed by atoms with Crippen LogP contribution in [0.5, 0.6) is 0 Å². The number of nitrogens with one attached hydrogen (secondary N) is 1. The molecule has 0 radical (unpaired) electrons. The van der Waals surface area contributed by atoms with Gasteiger partial charge >= 0.3 is 0 Å². The average Bonchev–Trinajstić information content (AvgIpc) is 2.71. The molecule has 5 nitrogen and oxygen atoms in total. The average molecular weight is 160 g/mol. The highest BCUT2D eigenvalue weighted by molar-refractivity contribution is 5.99. The summed E-state index contributed by atoms with van der Waals surface area (Å²) in [6.45, 7) is 0. The molecule has 1 N–H and O–H groups in total. The Kier molecular flexibility index (Phi) is 0.864. The van der Waals surface area contributed by atoms with E-state index in [1.165, 1.54) is 0 Å². The van der Waals surface area contributed by atoms with Gasteiger partial charge in [0.05, 0.1) is 23.2 Å². The van der Waals surface area contributed by atoms with Crippen molar-refractivity contribution in [2.75, 3.05) is 0 Å². The zero-order valence-electron chi connectivity index (χ0n) is 5.98. The normalized spacial score (nSPS) is 11.3. The van der Waals surface area contributed by atoms with Crippen LogP contribution < -0.4 is 0 Å². The van der Waals surface area contributed by atoms with Gasteiger partial charge in [0.25, 0.3) is 0 Å². The molecule has 0 spiro atoms. The molecule has 0 aliphatic carbocycles. The number of hydrogen-bond acceptors (Lipinski definition) is 4. The topological polar surface area (TPSA) is 67.6 Å². The summed E-state index contributed by atoms with van der Waals surface area (Å²) in [5.41, 5.74) is 1.45. The van der Waals surface area contributed by atoms with Crippen LogP contribution in [0.15, 0.2) is 23.1 Å². The van der Waals surface area contributed by atoms with Gasteiger partial charge in [-0.25, -0.2) is 4.98 Å². The molecule has 0 unspecified atom stereocenters. The fraction of sp³-hybridized carbons (Fsp3) is 0. The van der Waals surface area contributed by atoms with Crippen LogP contribution in [0.1, 0.15) is 0 Å². The van der Waals surface area contributed by atoms with Crippen molar-refractivity contribution in [1.29, 1.82) is 0 Å². The van der Waals surface area contributed by atoms with E-state index in [4.69, 9.17) is 4.52 Å². The molecule has 5 heteroatoms. The van der Waals surface area contributed by atoms with E-state index in [2.05, 4.69) is 20.3 Å². The van der Waals surface area contributed by atoms with Crippen LogP contribution >= 0.6 is 0 Å². The molecule has 12 heavy (non-hydrogen) atoms. The number of aromatic amines is 1. The second kappa shape index (κ2) is 1.82. The molecule has 0 aromatic carbocycles. The first-order valence-corrected chi connectivity index (χ1v) is 3.47. The number of rotatable bonds is 0. The summed E-state index contributed by atoms with van der Waals surface area (Å²) in [5, 5.41) is 12.0. The molecule has 0 atom stereocenters. The van der Waals surface area contributed by atoms with Gasteiger partial charge in [-0.15, -0.1) is 0 Å². The molecule has 0 amide bonds. The van der Waals surface area contributed by atoms with E-state index < -0.39 is 0 Å². The van der Waals surface area contributed by atoms with Gasteiger partial charge in [0.1, 0.15) is 0 Å². The van der Waals surface area contributed by atoms with E-state index >= 15 is 0 Å². The number of pyridine rings is 1. The Labute approximate surface area is 66.4 Å². The van der Waals surface area contributed by atoms with Gasteiger partial charge < -0.3 is 4.52 Å². The molecule has 0 aliphatic rings. The molecule has 0 saturated carbocycles. The summed E-state index contributed by atoms with van der Waals surface area (Å²) in [6.07, 6.45) is 5.01. The van der Waals surface area contributed by atoms with Crippen LogP contribution in [0.2, 0.25) is 0 Å². The van der Waals surface area contributed by atoms with Crippen LogP contribution in [-0.2, 0) is 0 Å². The quantitative estimate of drug-likeness (QED) is 0.534. The van der Waals surface area contributed by atoms with Crippen molar-refractivity contribution in [2.24, 2.45) is 0 Å². The van der Waals surface area contributed by atoms with E-state index in [0.717, 1.165) is 22.0 Å². The van der Waals surface area contributed by atoms with Gasteiger partial charge in [-0.1, -0.05) is 5.16 Å². The lowest BCUT2D eigenvalue weighted by molar-refractivity contribution is 0.458. The summed E-state index contributed by atoms with van der Waals surface area (Å²) in [6, 6.07) is 0. The van der Waals surface area contributed by atoms with Gasteiger partial charge in [-0.05, 0) is 0 Å². The van der Waals surface area contributed by atoms with Crippen LogP contribution in [0.25, 0.3) is 22.0 Å². The number of H-pyrrole nitrogens is 1. The Balaban J connectivity index is 2.71. The fourth-order valence-corrected chi connectivity index (χ4v) is 1.22. The largest absolute Gasteiger partial charge is 0.355 e. The minimum Gasteiger partial charge on any atom is -0.355 e. The third kappa shape index (κ3) is 0.554. The van der Waals surface area contributed by atoms with Crippen LogP contribution in [0.3, 0.4) is 0 Å². The lowest BCUT2D eigenvalue weighted by Crippen LogP contribution is -1.74. The number of fused-ring (bicyclic) bond motifs is 3. The first kappa shape index (κ1) is 5.70. The van der Waals surface area contributed by atoms with Crippen molar-refractivity contribution in [3.8, 4) is 0 Å². The molecular weight excluding hydrogens is 156 g/mol. The lowest BCUT2D eigenvalue weighted by atomic mass is 10.3. The number of hydrogen-bond donors (Lipinski definition) is 1. The minimum absolute atomic E-state index is 0.722. The Morgan fingerprint density at radius 3 is 3.25 bits per heavy atom. The molecule has 3 aromatic rings. The Morgan fingerprint density at radius 2 is 2.25 bits per heavy atom. The third-order valence-electron chi connectivity index (χ3n) is 1.79. The fourth-order valence-electron chi connectivity index (χ4n) is 1.22. The second-order valence-corrected chi connectivity index (χ2v) is 2.50. The molecule has 3 heterocycles. The maximum absolute atomic E-state index is 5.04. The maximum Gasteiger partial charge on any atom is 0.181 e. The molecule has 58 valence electrons. The predicted molar refractivity (Wildman–Crippen MR) is 41.5 cm³/mol. The summed E-state index contributed by atoms with van der Waals surface area (Å²) in [4.78, 5) is 4.12. The van der Waals surface area contributed by atoms with E-state index in [0.29, 0.717) is 0 Å². The highest BCUT2D eigenvalue weighted by atomic mass is 16.5. The van der Waals surface area contributed by atoms with Crippen molar-refractivity contribution in [1.82, 2.24) is 20.3 Å². The highest BCUT2D eigenvalue weighted by Crippen LogP contribution is 2.20. The molecule has 0 bridgehead atoms. The molecule has 3 rings (SSSR count). The van der Waals surface area contributed by atoms with Crippen LogP contribution in [0, 0.1) is 0 Å². The van der Waals surface area contributed by atoms with Crippen molar-refractivity contribution < 1.29 is 4.52 Å². The van der Waals surface area contributed by atoms with E-state index in [-0.39, 0.29) is 0 Å². The zero-order chi connectivity index (χ0) is 7.97. The summed E-state index contributed by atoms with van der Waals surface area (Å²) in [7, 11) is 0. The third-order valence-corrected chi connectivity index (χ3v) is 1.79. The van der Waals surface area contributed by atoms with Crippen molar-refractivity contribution in [2.45, 2.75) is 0 Å². The van der Waals surface area contributed by atoms with Crippen molar-refractivity contribution in [3.63, 3.8) is 0 Å². The van der Waals surface area contributed by atoms with Crippen molar-refractivity contribution >= 4 is 22.0 Å². The smallest absolute Gasteiger partial charge is 0.181 e. The molecule has 0 fully saturated rings. The summed E-state index contributed by atoms with van der Waals surface area (Å²) >= 11 is 0. The minimum atomic E-state index is 0.722. The molecule has 0 aliphatic heterocycles. The van der Waals surface area contributed by atoms with Gasteiger partial charge in [-0.2, -0.15) is 5.10 Å². The van der Waals surface area contributed by atoms with E-state index in [1.54, 1.807) is 18.6 Å². The van der Waals surface area contributed by atoms with E-state index in [1.807, 2.05) is 0 Å². The van der Waals surface area contributed by atoms with E-state index in [9.17, 15) is 0 Å². The Morgan fingerprint density at radius 1 is 1.25 bits per heavy atom. The molecular formula is C7H4N4O. The number of nitrogens with zero attached hydrogens (tertiary/aromatic N) is 3. The zero-order valence-corrected chi connectivity index (χ0v) is 5.98. The Bertz CT molecular complexity index is 489. The van der Waals surface area contributed by atoms with Gasteiger partial charge in [-0.3, -0.25) is 5.10 Å². The first-order chi connectivity index (χ1) is 5.95. The number of aromatic nitrogens is 4. The SMILES string of the molecule is c1noc2c1cnc1[nH]ncc12. The summed E-state index contributed by atoms with van der Waals surface area (Å²) < 4.78 is 5.04. The van der Waals surface area contributed by atoms with Crippen molar-refractivity contribution in [3.05, 3.63) is 18.6 Å². The monoisotopic (exact) mass is 160 g/mol. The predicted octanol–water partition coefficient (Wildman–Crippen LogP) is 1.10. The summed E-state index contributed by atoms with van der Waals surface area (Å²) in [5.74, 6) is 0. The van der Waals surface area contributed by atoms with Crippen LogP contribution in [-0.4, -0.2) is 20.3 Å².